The van der Waals surface area contributed by atoms with Crippen LogP contribution in [0, 0.1) is 23.7 Å². The summed E-state index contributed by atoms with van der Waals surface area (Å²) in [6, 6.07) is 0. The summed E-state index contributed by atoms with van der Waals surface area (Å²) < 4.78 is 60.0. The molecule has 15 N–H and O–H groups in total. The van der Waals surface area contributed by atoms with Crippen molar-refractivity contribution >= 4 is 11.9 Å². The first kappa shape index (κ1) is 62.5. The summed E-state index contributed by atoms with van der Waals surface area (Å²) in [7, 11) is 1.48. The average molecular weight is 1140 g/mol. The SMILES string of the molecule is COC1CC(C=CC(=O)OCC2OC(OC3CC4C(OC5OC(CO)C(O)C(O)C5O)CC(O)CC4OC3C3CCC(O)C(O)C3)C(OC3OC(COC(=O)C=CC4CCC(O)C(O)C4)C(O)C(O)C3O)C(O)C2O)CCC1O. The molecule has 8 rings (SSSR count). The van der Waals surface area contributed by atoms with Gasteiger partial charge in [0, 0.05) is 31.6 Å². The summed E-state index contributed by atoms with van der Waals surface area (Å²) in [5.41, 5.74) is 0. The quantitative estimate of drug-likeness (QED) is 0.0477. The molecular weight excluding hydrogens is 1060 g/mol. The van der Waals surface area contributed by atoms with Crippen LogP contribution in [0.3, 0.4) is 0 Å². The van der Waals surface area contributed by atoms with E-state index in [1.165, 1.54) is 19.3 Å². The van der Waals surface area contributed by atoms with Gasteiger partial charge < -0.3 is 124 Å². The highest BCUT2D eigenvalue weighted by atomic mass is 16.8. The van der Waals surface area contributed by atoms with Crippen LogP contribution in [0.1, 0.15) is 77.0 Å². The Balaban J connectivity index is 1.04. The van der Waals surface area contributed by atoms with E-state index in [1.807, 2.05) is 0 Å². The molecule has 0 bridgehead atoms. The van der Waals surface area contributed by atoms with E-state index >= 15 is 0 Å². The third kappa shape index (κ3) is 15.1. The van der Waals surface area contributed by atoms with Crippen molar-refractivity contribution in [2.75, 3.05) is 26.9 Å². The number of allylic oxidation sites excluding steroid dienone is 2. The monoisotopic (exact) mass is 1140 g/mol. The Morgan fingerprint density at radius 1 is 0.468 bits per heavy atom. The number of fused-ring (bicyclic) bond motifs is 1. The molecule has 8 aliphatic rings. The molecule has 0 radical (unpaired) electrons. The largest absolute Gasteiger partial charge is 0.460 e. The summed E-state index contributed by atoms with van der Waals surface area (Å²) in [6.07, 6.45) is -28.8. The van der Waals surface area contributed by atoms with Crippen LogP contribution >= 0.6 is 0 Å². The van der Waals surface area contributed by atoms with Gasteiger partial charge in [-0.2, -0.15) is 0 Å². The number of hydrogen-bond donors (Lipinski definition) is 15. The lowest BCUT2D eigenvalue weighted by atomic mass is 9.72. The van der Waals surface area contributed by atoms with Crippen LogP contribution in [0.4, 0.5) is 0 Å². The van der Waals surface area contributed by atoms with Crippen molar-refractivity contribution in [3.63, 3.8) is 0 Å². The second-order valence-electron chi connectivity index (χ2n) is 22.7. The second-order valence-corrected chi connectivity index (χ2v) is 22.7. The number of ether oxygens (including phenoxy) is 10. The van der Waals surface area contributed by atoms with Crippen LogP contribution < -0.4 is 0 Å². The van der Waals surface area contributed by atoms with Crippen LogP contribution in [-0.4, -0.2) is 275 Å². The summed E-state index contributed by atoms with van der Waals surface area (Å²) in [6.45, 7) is -2.12. The molecule has 4 aliphatic heterocycles. The van der Waals surface area contributed by atoms with Gasteiger partial charge >= 0.3 is 11.9 Å². The predicted octanol–water partition coefficient (Wildman–Crippen LogP) is -5.46. The minimum atomic E-state index is -2.06. The van der Waals surface area contributed by atoms with Gasteiger partial charge in [0.1, 0.15) is 86.5 Å². The van der Waals surface area contributed by atoms with E-state index in [9.17, 15) is 86.2 Å². The molecule has 0 amide bonds. The van der Waals surface area contributed by atoms with Crippen LogP contribution in [-0.2, 0) is 57.0 Å². The molecule has 4 aliphatic carbocycles. The van der Waals surface area contributed by atoms with Gasteiger partial charge in [-0.3, -0.25) is 0 Å². The van der Waals surface area contributed by atoms with E-state index in [-0.39, 0.29) is 50.4 Å². The Kier molecular flexibility index (Phi) is 22.1. The number of hydrogen-bond acceptors (Lipinski definition) is 27. The van der Waals surface area contributed by atoms with Gasteiger partial charge in [0.15, 0.2) is 18.9 Å². The zero-order valence-electron chi connectivity index (χ0n) is 43.8. The highest BCUT2D eigenvalue weighted by molar-refractivity contribution is 5.82. The molecule has 0 aromatic carbocycles. The van der Waals surface area contributed by atoms with Crippen molar-refractivity contribution in [3.05, 3.63) is 24.3 Å². The number of carbonyl (C=O) groups is 2. The zero-order valence-corrected chi connectivity index (χ0v) is 43.8. The molecule has 30 atom stereocenters. The van der Waals surface area contributed by atoms with Crippen LogP contribution in [0.2, 0.25) is 0 Å². The highest BCUT2D eigenvalue weighted by Crippen LogP contribution is 2.45. The van der Waals surface area contributed by atoms with Crippen LogP contribution in [0.5, 0.6) is 0 Å². The Morgan fingerprint density at radius 3 is 1.58 bits per heavy atom. The van der Waals surface area contributed by atoms with Gasteiger partial charge in [-0.15, -0.1) is 0 Å². The minimum Gasteiger partial charge on any atom is -0.460 e. The van der Waals surface area contributed by atoms with E-state index in [2.05, 4.69) is 0 Å². The van der Waals surface area contributed by atoms with E-state index < -0.39 is 203 Å². The summed E-state index contributed by atoms with van der Waals surface area (Å²) in [4.78, 5) is 26.0. The topological polar surface area (TPSA) is 430 Å². The maximum Gasteiger partial charge on any atom is 0.330 e. The van der Waals surface area contributed by atoms with E-state index in [4.69, 9.17) is 47.4 Å². The fraction of sp³-hybridized carbons (Fsp3) is 0.885. The Bertz CT molecular complexity index is 2000. The molecule has 27 heteroatoms. The van der Waals surface area contributed by atoms with Crippen molar-refractivity contribution in [3.8, 4) is 0 Å². The maximum atomic E-state index is 13.2. The molecule has 4 saturated carbocycles. The fourth-order valence-electron chi connectivity index (χ4n) is 12.4. The first-order valence-electron chi connectivity index (χ1n) is 27.6. The van der Waals surface area contributed by atoms with Crippen molar-refractivity contribution in [1.82, 2.24) is 0 Å². The van der Waals surface area contributed by atoms with Gasteiger partial charge in [-0.25, -0.2) is 9.59 Å². The number of esters is 2. The number of aliphatic hydroxyl groups is 15. The van der Waals surface area contributed by atoms with Crippen molar-refractivity contribution < 1.29 is 134 Å². The predicted molar refractivity (Wildman–Crippen MR) is 261 cm³/mol. The minimum absolute atomic E-state index is 0.0147. The van der Waals surface area contributed by atoms with Crippen LogP contribution in [0.25, 0.3) is 0 Å². The van der Waals surface area contributed by atoms with Gasteiger partial charge in [0.25, 0.3) is 0 Å². The van der Waals surface area contributed by atoms with Gasteiger partial charge in [-0.1, -0.05) is 12.2 Å². The van der Waals surface area contributed by atoms with Crippen molar-refractivity contribution in [1.29, 1.82) is 0 Å². The molecule has 452 valence electrons. The molecule has 0 aromatic rings. The van der Waals surface area contributed by atoms with E-state index in [0.717, 1.165) is 6.08 Å². The number of aliphatic hydroxyl groups excluding tert-OH is 15. The lowest BCUT2D eigenvalue weighted by Crippen LogP contribution is -2.66. The normalized spacial score (nSPS) is 49.1. The molecular formula is C52H82O27. The highest BCUT2D eigenvalue weighted by Gasteiger charge is 2.56. The lowest BCUT2D eigenvalue weighted by Gasteiger charge is -2.53. The molecule has 0 aromatic heterocycles. The standard InChI is InChI=1S/C52H82O27/c1-70-33-13-22(3-8-28(33)57)5-11-39(61)72-20-37-42(64)45(67)49(79-51-47(69)44(66)41(63)36(77-51)19-71-38(60)10-4-21-2-7-26(55)29(58)12-21)52(78-37)75-34-17-25-31(73-48(34)23-6-9-27(56)30(59)14-23)15-24(54)16-32(25)74-50-46(68)43(65)40(62)35(18-53)76-50/h4-5,10-11,21-37,40-59,62-69H,2-3,6-9,12-20H2,1H3. The van der Waals surface area contributed by atoms with Crippen LogP contribution in [0.15, 0.2) is 24.3 Å². The number of rotatable bonds is 17. The fourth-order valence-corrected chi connectivity index (χ4v) is 12.4. The number of carbonyl (C=O) groups excluding carboxylic acids is 2. The third-order valence-electron chi connectivity index (χ3n) is 17.2. The Labute approximate surface area is 455 Å². The number of methoxy groups -OCH3 is 1. The summed E-state index contributed by atoms with van der Waals surface area (Å²) >= 11 is 0. The third-order valence-corrected chi connectivity index (χ3v) is 17.2. The second kappa shape index (κ2) is 27.9. The molecule has 4 saturated heterocycles. The van der Waals surface area contributed by atoms with Crippen molar-refractivity contribution in [2.45, 2.75) is 236 Å². The molecule has 8 fully saturated rings. The average Bonchev–Trinajstić information content (AvgIpc) is 3.45. The Morgan fingerprint density at radius 2 is 0.987 bits per heavy atom. The smallest absolute Gasteiger partial charge is 0.330 e. The maximum absolute atomic E-state index is 13.2. The molecule has 0 spiro atoms. The molecule has 4 heterocycles. The van der Waals surface area contributed by atoms with Gasteiger partial charge in [0.2, 0.25) is 0 Å². The molecule has 30 unspecified atom stereocenters. The van der Waals surface area contributed by atoms with Crippen molar-refractivity contribution in [2.24, 2.45) is 23.7 Å². The summed E-state index contributed by atoms with van der Waals surface area (Å²) in [5.74, 6) is -3.39. The first-order valence-corrected chi connectivity index (χ1v) is 27.6. The first-order chi connectivity index (χ1) is 37.6. The van der Waals surface area contributed by atoms with Gasteiger partial charge in [-0.05, 0) is 88.4 Å². The molecule has 27 nitrogen and oxygen atoms in total. The zero-order chi connectivity index (χ0) is 57.0. The summed E-state index contributed by atoms with van der Waals surface area (Å²) in [5, 5.41) is 162. The lowest BCUT2D eigenvalue weighted by molar-refractivity contribution is -0.380. The van der Waals surface area contributed by atoms with E-state index in [0.29, 0.717) is 38.5 Å². The van der Waals surface area contributed by atoms with E-state index in [1.54, 1.807) is 6.08 Å². The molecule has 79 heavy (non-hydrogen) atoms. The van der Waals surface area contributed by atoms with Gasteiger partial charge in [0.05, 0.1) is 73.8 Å². The Hall–Kier alpha value is -2.50.